The van der Waals surface area contributed by atoms with Crippen LogP contribution in [0.1, 0.15) is 24.8 Å². The van der Waals surface area contributed by atoms with E-state index in [1.807, 2.05) is 0 Å². The first-order valence-corrected chi connectivity index (χ1v) is 7.04. The number of likely N-dealkylation sites (tertiary alicyclic amines) is 1. The second-order valence-electron chi connectivity index (χ2n) is 5.22. The lowest BCUT2D eigenvalue weighted by Gasteiger charge is -2.32. The molecule has 1 aliphatic rings. The maximum atomic E-state index is 12.8. The molecule has 0 spiro atoms. The Morgan fingerprint density at radius 3 is 2.59 bits per heavy atom. The van der Waals surface area contributed by atoms with Crippen LogP contribution in [-0.2, 0) is 16.1 Å². The maximum absolute atomic E-state index is 12.8. The highest BCUT2D eigenvalue weighted by atomic mass is 35.5. The number of hydrogen-bond acceptors (Lipinski definition) is 3. The Hall–Kier alpha value is -1.66. The summed E-state index contributed by atoms with van der Waals surface area (Å²) in [7, 11) is 0. The van der Waals surface area contributed by atoms with E-state index in [4.69, 9.17) is 5.11 Å². The van der Waals surface area contributed by atoms with E-state index in [1.165, 1.54) is 12.1 Å². The molecule has 7 heteroatoms. The van der Waals surface area contributed by atoms with Crippen molar-refractivity contribution in [1.82, 2.24) is 10.2 Å². The van der Waals surface area contributed by atoms with Gasteiger partial charge in [-0.1, -0.05) is 18.6 Å². The lowest BCUT2D eigenvalue weighted by atomic mass is 10.0. The first kappa shape index (κ1) is 18.4. The Kier molecular flexibility index (Phi) is 7.27. The number of carboxylic acid groups (broad SMARTS) is 1. The van der Waals surface area contributed by atoms with Crippen molar-refractivity contribution < 1.29 is 19.1 Å². The summed E-state index contributed by atoms with van der Waals surface area (Å²) in [5.74, 6) is -1.41. The van der Waals surface area contributed by atoms with Crippen molar-refractivity contribution in [3.63, 3.8) is 0 Å². The average Bonchev–Trinajstić information content (AvgIpc) is 2.47. The second-order valence-corrected chi connectivity index (χ2v) is 5.22. The van der Waals surface area contributed by atoms with Crippen molar-refractivity contribution in [2.24, 2.45) is 0 Å². The monoisotopic (exact) mass is 330 g/mol. The predicted molar refractivity (Wildman–Crippen MR) is 82.3 cm³/mol. The van der Waals surface area contributed by atoms with Gasteiger partial charge in [0.05, 0.1) is 6.54 Å². The molecule has 1 saturated heterocycles. The zero-order chi connectivity index (χ0) is 15.2. The molecule has 1 heterocycles. The lowest BCUT2D eigenvalue weighted by Crippen LogP contribution is -2.48. The van der Waals surface area contributed by atoms with Gasteiger partial charge in [0, 0.05) is 6.54 Å². The number of amides is 1. The molecule has 0 radical (unpaired) electrons. The molecule has 2 N–H and O–H groups in total. The Morgan fingerprint density at radius 2 is 1.95 bits per heavy atom. The minimum absolute atomic E-state index is 0. The number of carbonyl (C=O) groups excluding carboxylic acids is 1. The Balaban J connectivity index is 0.00000242. The smallest absolute Gasteiger partial charge is 0.320 e. The largest absolute Gasteiger partial charge is 0.480 e. The molecule has 1 aromatic rings. The molecule has 0 saturated carbocycles. The van der Waals surface area contributed by atoms with Crippen LogP contribution in [0.5, 0.6) is 0 Å². The van der Waals surface area contributed by atoms with Crippen LogP contribution in [0.4, 0.5) is 4.39 Å². The van der Waals surface area contributed by atoms with Gasteiger partial charge in [-0.25, -0.2) is 4.39 Å². The molecule has 0 aromatic heterocycles. The molecule has 0 aliphatic carbocycles. The molecule has 1 unspecified atom stereocenters. The number of hydrogen-bond donors (Lipinski definition) is 2. The minimum Gasteiger partial charge on any atom is -0.480 e. The third kappa shape index (κ3) is 5.27. The van der Waals surface area contributed by atoms with E-state index in [1.54, 1.807) is 17.0 Å². The molecule has 0 bridgehead atoms. The summed E-state index contributed by atoms with van der Waals surface area (Å²) in [4.78, 5) is 24.7. The van der Waals surface area contributed by atoms with Gasteiger partial charge in [0.15, 0.2) is 0 Å². The summed E-state index contributed by atoms with van der Waals surface area (Å²) >= 11 is 0. The van der Waals surface area contributed by atoms with Crippen molar-refractivity contribution in [3.05, 3.63) is 35.6 Å². The normalized spacial score (nSPS) is 18.3. The number of nitrogens with zero attached hydrogens (tertiary/aromatic N) is 1. The van der Waals surface area contributed by atoms with Gasteiger partial charge in [0.1, 0.15) is 11.9 Å². The second kappa shape index (κ2) is 8.70. The molecule has 5 nitrogen and oxygen atoms in total. The minimum atomic E-state index is -0.874. The molecular weight excluding hydrogens is 311 g/mol. The number of piperidine rings is 1. The fourth-order valence-corrected chi connectivity index (χ4v) is 2.50. The molecule has 1 fully saturated rings. The number of carboxylic acids is 1. The van der Waals surface area contributed by atoms with Gasteiger partial charge in [0.2, 0.25) is 5.91 Å². The maximum Gasteiger partial charge on any atom is 0.320 e. The summed E-state index contributed by atoms with van der Waals surface area (Å²) < 4.78 is 12.8. The quantitative estimate of drug-likeness (QED) is 0.864. The zero-order valence-corrected chi connectivity index (χ0v) is 12.9. The molecule has 1 atom stereocenters. The number of rotatable bonds is 5. The molecule has 1 aromatic carbocycles. The molecule has 1 aliphatic heterocycles. The SMILES string of the molecule is Cl.O=C(CN1CCCCC1C(=O)O)NCc1ccc(F)cc1. The van der Waals surface area contributed by atoms with Crippen LogP contribution in [-0.4, -0.2) is 41.0 Å². The van der Waals surface area contributed by atoms with E-state index in [0.29, 0.717) is 19.5 Å². The predicted octanol–water partition coefficient (Wildman–Crippen LogP) is 1.80. The van der Waals surface area contributed by atoms with Crippen LogP contribution in [0.25, 0.3) is 0 Å². The van der Waals surface area contributed by atoms with Gasteiger partial charge in [-0.05, 0) is 37.1 Å². The van der Waals surface area contributed by atoms with Crippen LogP contribution < -0.4 is 5.32 Å². The van der Waals surface area contributed by atoms with E-state index in [2.05, 4.69) is 5.32 Å². The Bertz CT molecular complexity index is 510. The summed E-state index contributed by atoms with van der Waals surface area (Å²) in [5, 5.41) is 11.9. The number of benzene rings is 1. The third-order valence-corrected chi connectivity index (χ3v) is 3.65. The van der Waals surface area contributed by atoms with Crippen LogP contribution in [0.3, 0.4) is 0 Å². The number of carbonyl (C=O) groups is 2. The highest BCUT2D eigenvalue weighted by Crippen LogP contribution is 2.16. The highest BCUT2D eigenvalue weighted by molar-refractivity contribution is 5.85. The number of aliphatic carboxylic acids is 1. The van der Waals surface area contributed by atoms with Crippen LogP contribution >= 0.6 is 12.4 Å². The van der Waals surface area contributed by atoms with Crippen LogP contribution in [0.15, 0.2) is 24.3 Å². The van der Waals surface area contributed by atoms with E-state index in [-0.39, 0.29) is 30.7 Å². The molecular formula is C15H20ClFN2O3. The van der Waals surface area contributed by atoms with Crippen molar-refractivity contribution in [3.8, 4) is 0 Å². The van der Waals surface area contributed by atoms with Crippen molar-refractivity contribution in [2.45, 2.75) is 31.8 Å². The number of nitrogens with one attached hydrogen (secondary N) is 1. The van der Waals surface area contributed by atoms with Crippen LogP contribution in [0.2, 0.25) is 0 Å². The lowest BCUT2D eigenvalue weighted by molar-refractivity contribution is -0.145. The van der Waals surface area contributed by atoms with E-state index < -0.39 is 12.0 Å². The van der Waals surface area contributed by atoms with Gasteiger partial charge < -0.3 is 10.4 Å². The van der Waals surface area contributed by atoms with Crippen LogP contribution in [0, 0.1) is 5.82 Å². The molecule has 2 rings (SSSR count). The summed E-state index contributed by atoms with van der Waals surface area (Å²) in [6.07, 6.45) is 2.38. The van der Waals surface area contributed by atoms with Gasteiger partial charge in [0.25, 0.3) is 0 Å². The van der Waals surface area contributed by atoms with E-state index >= 15 is 0 Å². The van der Waals surface area contributed by atoms with Gasteiger partial charge in [-0.3, -0.25) is 14.5 Å². The Labute approximate surface area is 134 Å². The highest BCUT2D eigenvalue weighted by Gasteiger charge is 2.29. The molecule has 122 valence electrons. The van der Waals surface area contributed by atoms with Gasteiger partial charge >= 0.3 is 5.97 Å². The fraction of sp³-hybridized carbons (Fsp3) is 0.467. The first-order valence-electron chi connectivity index (χ1n) is 7.04. The zero-order valence-electron chi connectivity index (χ0n) is 12.1. The van der Waals surface area contributed by atoms with Gasteiger partial charge in [-0.15, -0.1) is 12.4 Å². The summed E-state index contributed by atoms with van der Waals surface area (Å²) in [6.45, 7) is 1.02. The summed E-state index contributed by atoms with van der Waals surface area (Å²) in [6, 6.07) is 5.32. The molecule has 1 amide bonds. The standard InChI is InChI=1S/C15H19FN2O3.ClH/c16-12-6-4-11(5-7-12)9-17-14(19)10-18-8-2-1-3-13(18)15(20)21;/h4-7,13H,1-3,8-10H2,(H,17,19)(H,20,21);1H. The van der Waals surface area contributed by atoms with E-state index in [0.717, 1.165) is 18.4 Å². The third-order valence-electron chi connectivity index (χ3n) is 3.65. The van der Waals surface area contributed by atoms with Crippen molar-refractivity contribution in [2.75, 3.05) is 13.1 Å². The summed E-state index contributed by atoms with van der Waals surface area (Å²) in [5.41, 5.74) is 0.804. The van der Waals surface area contributed by atoms with Crippen molar-refractivity contribution in [1.29, 1.82) is 0 Å². The number of halogens is 2. The Morgan fingerprint density at radius 1 is 1.27 bits per heavy atom. The first-order chi connectivity index (χ1) is 10.1. The van der Waals surface area contributed by atoms with Crippen molar-refractivity contribution >= 4 is 24.3 Å². The van der Waals surface area contributed by atoms with E-state index in [9.17, 15) is 14.0 Å². The topological polar surface area (TPSA) is 69.6 Å². The molecule has 22 heavy (non-hydrogen) atoms. The van der Waals surface area contributed by atoms with Gasteiger partial charge in [-0.2, -0.15) is 0 Å². The fourth-order valence-electron chi connectivity index (χ4n) is 2.50. The average molecular weight is 331 g/mol.